The lowest BCUT2D eigenvalue weighted by molar-refractivity contribution is -0.148. The third kappa shape index (κ3) is 18.7. The topological polar surface area (TPSA) is 52.6 Å². The summed E-state index contributed by atoms with van der Waals surface area (Å²) in [4.78, 5) is 23.2. The second-order valence-electron chi connectivity index (χ2n) is 9.34. The minimum Gasteiger partial charge on any atom is -0.463 e. The Bertz CT molecular complexity index is 415. The van der Waals surface area contributed by atoms with E-state index in [-0.39, 0.29) is 24.1 Å². The number of carbonyl (C=O) groups excluding carboxylic acids is 2. The Hall–Kier alpha value is -1.06. The van der Waals surface area contributed by atoms with E-state index in [9.17, 15) is 9.59 Å². The Morgan fingerprint density at radius 2 is 0.966 bits per heavy atom. The number of rotatable bonds is 18. The van der Waals surface area contributed by atoms with Crippen molar-refractivity contribution in [2.24, 2.45) is 11.8 Å². The van der Waals surface area contributed by atoms with Crippen molar-refractivity contribution in [3.05, 3.63) is 0 Å². The van der Waals surface area contributed by atoms with Crippen LogP contribution in [-0.4, -0.2) is 24.1 Å². The maximum atomic E-state index is 11.8. The van der Waals surface area contributed by atoms with E-state index in [1.54, 1.807) is 0 Å². The fraction of sp³-hybridized carbons (Fsp3) is 0.920. The molecule has 1 atom stereocenters. The summed E-state index contributed by atoms with van der Waals surface area (Å²) in [6.07, 6.45) is 14.3. The van der Waals surface area contributed by atoms with Crippen LogP contribution < -0.4 is 0 Å². The second kappa shape index (κ2) is 17.8. The molecule has 0 aliphatic rings. The molecular weight excluding hydrogens is 364 g/mol. The first-order chi connectivity index (χ1) is 13.7. The molecule has 0 N–H and O–H groups in total. The summed E-state index contributed by atoms with van der Waals surface area (Å²) in [6.45, 7) is 12.1. The van der Waals surface area contributed by atoms with E-state index in [4.69, 9.17) is 9.47 Å². The fourth-order valence-electron chi connectivity index (χ4n) is 3.67. The number of carbonyl (C=O) groups is 2. The molecule has 1 unspecified atom stereocenters. The van der Waals surface area contributed by atoms with Gasteiger partial charge in [-0.1, -0.05) is 71.6 Å². The minimum absolute atomic E-state index is 0.000277. The first-order valence-electron chi connectivity index (χ1n) is 12.1. The summed E-state index contributed by atoms with van der Waals surface area (Å²) in [5.74, 6) is 1.13. The van der Waals surface area contributed by atoms with Crippen molar-refractivity contribution in [1.29, 1.82) is 0 Å². The number of ether oxygens (including phenoxy) is 2. The average molecular weight is 413 g/mol. The van der Waals surface area contributed by atoms with Crippen LogP contribution in [0.5, 0.6) is 0 Å². The zero-order chi connectivity index (χ0) is 22.1. The van der Waals surface area contributed by atoms with Gasteiger partial charge in [0.05, 0.1) is 12.2 Å². The predicted molar refractivity (Wildman–Crippen MR) is 121 cm³/mol. The monoisotopic (exact) mass is 412 g/mol. The van der Waals surface area contributed by atoms with Gasteiger partial charge in [-0.25, -0.2) is 0 Å². The van der Waals surface area contributed by atoms with Gasteiger partial charge in [0.1, 0.15) is 0 Å². The van der Waals surface area contributed by atoms with Crippen molar-refractivity contribution in [2.75, 3.05) is 0 Å². The van der Waals surface area contributed by atoms with E-state index in [0.717, 1.165) is 19.3 Å². The summed E-state index contributed by atoms with van der Waals surface area (Å²) in [7, 11) is 0. The molecule has 0 saturated carbocycles. The van der Waals surface area contributed by atoms with Gasteiger partial charge in [0.15, 0.2) is 0 Å². The Kier molecular flexibility index (Phi) is 17.1. The SMILES string of the molecule is CC(C)OC(=O)CCCCCCCCCCCC(CCC(=O)OC(C)C)C(C)C. The van der Waals surface area contributed by atoms with Crippen LogP contribution in [0.25, 0.3) is 0 Å². The highest BCUT2D eigenvalue weighted by Crippen LogP contribution is 2.24. The van der Waals surface area contributed by atoms with Gasteiger partial charge in [-0.15, -0.1) is 0 Å². The standard InChI is InChI=1S/C25H48O4/c1-20(2)23(18-19-25(27)29-22(5)6)16-14-12-10-8-7-9-11-13-15-17-24(26)28-21(3)4/h20-23H,7-19H2,1-6H3. The molecule has 0 aromatic carbocycles. The molecule has 0 spiro atoms. The van der Waals surface area contributed by atoms with Crippen molar-refractivity contribution < 1.29 is 19.1 Å². The molecule has 0 heterocycles. The largest absolute Gasteiger partial charge is 0.463 e. The first-order valence-corrected chi connectivity index (χ1v) is 12.1. The van der Waals surface area contributed by atoms with E-state index < -0.39 is 0 Å². The van der Waals surface area contributed by atoms with Crippen molar-refractivity contribution in [3.63, 3.8) is 0 Å². The minimum atomic E-state index is -0.0588. The maximum Gasteiger partial charge on any atom is 0.306 e. The molecule has 0 amide bonds. The summed E-state index contributed by atoms with van der Waals surface area (Å²) >= 11 is 0. The number of esters is 2. The molecule has 0 aliphatic heterocycles. The maximum absolute atomic E-state index is 11.8. The van der Waals surface area contributed by atoms with Gasteiger partial charge in [-0.2, -0.15) is 0 Å². The molecular formula is C25H48O4. The molecule has 0 bridgehead atoms. The van der Waals surface area contributed by atoms with Gasteiger partial charge in [0.25, 0.3) is 0 Å². The molecule has 172 valence electrons. The van der Waals surface area contributed by atoms with Gasteiger partial charge in [-0.3, -0.25) is 9.59 Å². The summed E-state index contributed by atoms with van der Waals surface area (Å²) in [5.41, 5.74) is 0. The molecule has 0 fully saturated rings. The zero-order valence-electron chi connectivity index (χ0n) is 20.1. The van der Waals surface area contributed by atoms with Crippen molar-refractivity contribution >= 4 is 11.9 Å². The van der Waals surface area contributed by atoms with E-state index in [2.05, 4.69) is 13.8 Å². The Morgan fingerprint density at radius 1 is 0.552 bits per heavy atom. The Morgan fingerprint density at radius 3 is 1.41 bits per heavy atom. The molecule has 4 nitrogen and oxygen atoms in total. The van der Waals surface area contributed by atoms with Gasteiger partial charge in [0, 0.05) is 12.8 Å². The molecule has 4 heteroatoms. The predicted octanol–water partition coefficient (Wildman–Crippen LogP) is 7.23. The fourth-order valence-corrected chi connectivity index (χ4v) is 3.67. The van der Waals surface area contributed by atoms with Crippen LogP contribution in [0, 0.1) is 11.8 Å². The van der Waals surface area contributed by atoms with E-state index >= 15 is 0 Å². The van der Waals surface area contributed by atoms with Crippen LogP contribution in [0.15, 0.2) is 0 Å². The van der Waals surface area contributed by atoms with Crippen molar-refractivity contribution in [1.82, 2.24) is 0 Å². The van der Waals surface area contributed by atoms with E-state index in [0.29, 0.717) is 24.7 Å². The average Bonchev–Trinajstić information content (AvgIpc) is 2.60. The molecule has 0 rings (SSSR count). The normalized spacial score (nSPS) is 12.6. The number of unbranched alkanes of at least 4 members (excludes halogenated alkanes) is 8. The van der Waals surface area contributed by atoms with Gasteiger partial charge in [0.2, 0.25) is 0 Å². The lowest BCUT2D eigenvalue weighted by Crippen LogP contribution is -2.15. The number of hydrogen-bond donors (Lipinski definition) is 0. The van der Waals surface area contributed by atoms with Gasteiger partial charge in [-0.05, 0) is 52.4 Å². The van der Waals surface area contributed by atoms with Crippen molar-refractivity contribution in [2.45, 2.75) is 137 Å². The Labute approximate surface area is 180 Å². The second-order valence-corrected chi connectivity index (χ2v) is 9.34. The van der Waals surface area contributed by atoms with Gasteiger partial charge >= 0.3 is 11.9 Å². The van der Waals surface area contributed by atoms with Crippen LogP contribution in [0.4, 0.5) is 0 Å². The molecule has 0 aromatic rings. The highest BCUT2D eigenvalue weighted by atomic mass is 16.5. The Balaban J connectivity index is 3.59. The lowest BCUT2D eigenvalue weighted by Gasteiger charge is -2.20. The summed E-state index contributed by atoms with van der Waals surface area (Å²) in [5, 5.41) is 0. The summed E-state index contributed by atoms with van der Waals surface area (Å²) < 4.78 is 10.4. The number of hydrogen-bond acceptors (Lipinski definition) is 4. The molecule has 0 aromatic heterocycles. The third-order valence-electron chi connectivity index (χ3n) is 5.35. The molecule has 0 saturated heterocycles. The highest BCUT2D eigenvalue weighted by molar-refractivity contribution is 5.69. The van der Waals surface area contributed by atoms with Crippen LogP contribution in [0.1, 0.15) is 125 Å². The molecule has 29 heavy (non-hydrogen) atoms. The van der Waals surface area contributed by atoms with Crippen LogP contribution in [-0.2, 0) is 19.1 Å². The van der Waals surface area contributed by atoms with Crippen LogP contribution in [0.3, 0.4) is 0 Å². The molecule has 0 aliphatic carbocycles. The smallest absolute Gasteiger partial charge is 0.306 e. The zero-order valence-corrected chi connectivity index (χ0v) is 20.1. The summed E-state index contributed by atoms with van der Waals surface area (Å²) in [6, 6.07) is 0. The first kappa shape index (κ1) is 27.9. The third-order valence-corrected chi connectivity index (χ3v) is 5.35. The highest BCUT2D eigenvalue weighted by Gasteiger charge is 2.16. The van der Waals surface area contributed by atoms with Crippen LogP contribution in [0.2, 0.25) is 0 Å². The van der Waals surface area contributed by atoms with Crippen molar-refractivity contribution in [3.8, 4) is 0 Å². The van der Waals surface area contributed by atoms with Crippen LogP contribution >= 0.6 is 0 Å². The lowest BCUT2D eigenvalue weighted by atomic mass is 9.86. The van der Waals surface area contributed by atoms with Gasteiger partial charge < -0.3 is 9.47 Å². The van der Waals surface area contributed by atoms with E-state index in [1.807, 2.05) is 27.7 Å². The quantitative estimate of drug-likeness (QED) is 0.176. The molecule has 0 radical (unpaired) electrons. The van der Waals surface area contributed by atoms with E-state index in [1.165, 1.54) is 51.4 Å².